The van der Waals surface area contributed by atoms with Crippen molar-refractivity contribution in [1.29, 1.82) is 0 Å². The Bertz CT molecular complexity index is 113. The first-order chi connectivity index (χ1) is 4.74. The van der Waals surface area contributed by atoms with Gasteiger partial charge in [-0.05, 0) is 6.42 Å². The zero-order chi connectivity index (χ0) is 7.56. The Labute approximate surface area is 63.8 Å². The summed E-state index contributed by atoms with van der Waals surface area (Å²) in [7, 11) is 4.10. The van der Waals surface area contributed by atoms with Gasteiger partial charge in [0, 0.05) is 15.5 Å². The summed E-state index contributed by atoms with van der Waals surface area (Å²) in [4.78, 5) is 0. The van der Waals surface area contributed by atoms with Gasteiger partial charge in [-0.15, -0.1) is 0 Å². The number of ether oxygens (including phenoxy) is 1. The van der Waals surface area contributed by atoms with Crippen LogP contribution < -0.4 is 0 Å². The average molecular weight is 162 g/mol. The summed E-state index contributed by atoms with van der Waals surface area (Å²) in [5, 5.41) is 9.28. The van der Waals surface area contributed by atoms with Crippen molar-refractivity contribution in [2.24, 2.45) is 0 Å². The molecule has 4 atom stereocenters. The Hall–Kier alpha value is 0.375. The van der Waals surface area contributed by atoms with Crippen molar-refractivity contribution in [3.8, 4) is 0 Å². The van der Waals surface area contributed by atoms with E-state index in [2.05, 4.69) is 9.47 Å². The monoisotopic (exact) mass is 162 g/mol. The van der Waals surface area contributed by atoms with Crippen molar-refractivity contribution in [2.75, 3.05) is 6.61 Å². The van der Waals surface area contributed by atoms with E-state index >= 15 is 0 Å². The predicted octanol–water partition coefficient (Wildman–Crippen LogP) is -1.10. The quantitative estimate of drug-likeness (QED) is 0.413. The van der Waals surface area contributed by atoms with Gasteiger partial charge in [0.2, 0.25) is 0 Å². The minimum atomic E-state index is -0.351. The molecule has 5 heteroatoms. The lowest BCUT2D eigenvalue weighted by atomic mass is 9.96. The molecule has 3 nitrogen and oxygen atoms in total. The van der Waals surface area contributed by atoms with Crippen molar-refractivity contribution in [2.45, 2.75) is 24.6 Å². The van der Waals surface area contributed by atoms with Crippen LogP contribution in [0.3, 0.4) is 0 Å². The zero-order valence-electron chi connectivity index (χ0n) is 5.99. The summed E-state index contributed by atoms with van der Waals surface area (Å²) in [5.74, 6) is 0. The normalized spacial score (nSPS) is 40.4. The summed E-state index contributed by atoms with van der Waals surface area (Å²) < 4.78 is 10.1. The molecule has 58 valence electrons. The highest BCUT2D eigenvalue weighted by Gasteiger charge is 2.30. The molecule has 1 unspecified atom stereocenters. The summed E-state index contributed by atoms with van der Waals surface area (Å²) >= 11 is 0. The van der Waals surface area contributed by atoms with Crippen molar-refractivity contribution in [3.63, 3.8) is 0 Å². The van der Waals surface area contributed by atoms with Crippen LogP contribution in [0.5, 0.6) is 0 Å². The van der Waals surface area contributed by atoms with Crippen LogP contribution in [-0.4, -0.2) is 37.8 Å². The summed E-state index contributed by atoms with van der Waals surface area (Å²) in [6.07, 6.45) is 0.238. The van der Waals surface area contributed by atoms with Gasteiger partial charge >= 0.3 is 0 Å². The number of aliphatic hydroxyl groups is 1. The van der Waals surface area contributed by atoms with E-state index in [0.29, 0.717) is 6.61 Å². The van der Waals surface area contributed by atoms with Crippen LogP contribution in [0.2, 0.25) is 0 Å². The van der Waals surface area contributed by atoms with Crippen molar-refractivity contribution >= 4 is 17.3 Å². The van der Waals surface area contributed by atoms with Gasteiger partial charge in [0.15, 0.2) is 0 Å². The molecule has 0 aromatic carbocycles. The summed E-state index contributed by atoms with van der Waals surface area (Å²) in [6.45, 7) is 0.455. The number of hydrogen-bond donors (Lipinski definition) is 1. The fourth-order valence-electron chi connectivity index (χ4n) is 1.18. The predicted molar refractivity (Wildman–Crippen MR) is 43.5 cm³/mol. The van der Waals surface area contributed by atoms with E-state index in [1.165, 1.54) is 0 Å². The standard InChI is InChI=1S/C5H12BO3P/c6-5-1-3(7)4(9-5)2-8-10/h3-5,7H,1-2,6,10H2/t3-,4-,5-/m0/s1. The minimum absolute atomic E-state index is 0.132. The fraction of sp³-hybridized carbons (Fsp3) is 1.00. The summed E-state index contributed by atoms with van der Waals surface area (Å²) in [5.41, 5.74) is 0. The third-order valence-electron chi connectivity index (χ3n) is 1.67. The van der Waals surface area contributed by atoms with Gasteiger partial charge in [-0.25, -0.2) is 0 Å². The Morgan fingerprint density at radius 1 is 1.80 bits per heavy atom. The van der Waals surface area contributed by atoms with Crippen molar-refractivity contribution in [1.82, 2.24) is 0 Å². The highest BCUT2D eigenvalue weighted by atomic mass is 31.0. The van der Waals surface area contributed by atoms with Crippen LogP contribution in [0.25, 0.3) is 0 Å². The number of rotatable bonds is 2. The molecule has 0 spiro atoms. The van der Waals surface area contributed by atoms with E-state index < -0.39 is 0 Å². The molecule has 10 heavy (non-hydrogen) atoms. The smallest absolute Gasteiger partial charge is 0.139 e. The Morgan fingerprint density at radius 2 is 2.50 bits per heavy atom. The molecular formula is C5H12BO3P. The van der Waals surface area contributed by atoms with Crippen LogP contribution in [0.15, 0.2) is 0 Å². The van der Waals surface area contributed by atoms with Gasteiger partial charge in [0.1, 0.15) is 14.0 Å². The van der Waals surface area contributed by atoms with Gasteiger partial charge in [0.25, 0.3) is 0 Å². The molecule has 1 N–H and O–H groups in total. The maximum absolute atomic E-state index is 9.28. The van der Waals surface area contributed by atoms with Crippen LogP contribution in [0.4, 0.5) is 0 Å². The van der Waals surface area contributed by atoms with E-state index in [-0.39, 0.29) is 18.2 Å². The van der Waals surface area contributed by atoms with E-state index in [4.69, 9.17) is 9.26 Å². The molecule has 0 radical (unpaired) electrons. The molecule has 0 bridgehead atoms. The maximum Gasteiger partial charge on any atom is 0.139 e. The highest BCUT2D eigenvalue weighted by molar-refractivity contribution is 7.09. The van der Waals surface area contributed by atoms with E-state index in [0.717, 1.165) is 6.42 Å². The third-order valence-corrected chi connectivity index (χ3v) is 1.86. The van der Waals surface area contributed by atoms with Gasteiger partial charge in [-0.3, -0.25) is 0 Å². The van der Waals surface area contributed by atoms with Gasteiger partial charge < -0.3 is 14.4 Å². The molecule has 1 aliphatic rings. The van der Waals surface area contributed by atoms with Crippen molar-refractivity contribution in [3.05, 3.63) is 0 Å². The lowest BCUT2D eigenvalue weighted by Gasteiger charge is -2.11. The first-order valence-corrected chi connectivity index (χ1v) is 3.86. The largest absolute Gasteiger partial charge is 0.390 e. The van der Waals surface area contributed by atoms with Crippen LogP contribution in [-0.2, 0) is 9.26 Å². The third kappa shape index (κ3) is 1.93. The lowest BCUT2D eigenvalue weighted by Crippen LogP contribution is -2.24. The topological polar surface area (TPSA) is 38.7 Å². The Balaban J connectivity index is 2.31. The molecule has 1 heterocycles. The van der Waals surface area contributed by atoms with Crippen LogP contribution >= 0.6 is 9.47 Å². The number of aliphatic hydroxyl groups excluding tert-OH is 1. The molecular weight excluding hydrogens is 150 g/mol. The van der Waals surface area contributed by atoms with Crippen molar-refractivity contribution < 1.29 is 14.4 Å². The molecule has 0 aromatic rings. The Kier molecular flexibility index (Phi) is 3.11. The van der Waals surface area contributed by atoms with E-state index in [1.807, 2.05) is 7.85 Å². The number of hydrogen-bond acceptors (Lipinski definition) is 3. The molecule has 0 saturated carbocycles. The first kappa shape index (κ1) is 8.47. The molecule has 1 rings (SSSR count). The van der Waals surface area contributed by atoms with E-state index in [1.54, 1.807) is 0 Å². The minimum Gasteiger partial charge on any atom is -0.390 e. The van der Waals surface area contributed by atoms with Gasteiger partial charge in [-0.2, -0.15) is 0 Å². The molecule has 1 aliphatic heterocycles. The molecule has 0 amide bonds. The highest BCUT2D eigenvalue weighted by Crippen LogP contribution is 2.18. The van der Waals surface area contributed by atoms with Crippen LogP contribution in [0.1, 0.15) is 6.42 Å². The zero-order valence-corrected chi connectivity index (χ0v) is 7.14. The average Bonchev–Trinajstić information content (AvgIpc) is 2.13. The molecule has 1 saturated heterocycles. The second-order valence-corrected chi connectivity index (χ2v) is 2.95. The second kappa shape index (κ2) is 3.68. The van der Waals surface area contributed by atoms with Gasteiger partial charge in [-0.1, -0.05) is 0 Å². The molecule has 0 aromatic heterocycles. The summed E-state index contributed by atoms with van der Waals surface area (Å²) in [6, 6.07) is 0.167. The lowest BCUT2D eigenvalue weighted by molar-refractivity contribution is 0.00671. The van der Waals surface area contributed by atoms with Crippen LogP contribution in [0, 0.1) is 0 Å². The first-order valence-electron chi connectivity index (χ1n) is 3.39. The van der Waals surface area contributed by atoms with Gasteiger partial charge in [0.05, 0.1) is 12.7 Å². The molecule has 0 aliphatic carbocycles. The van der Waals surface area contributed by atoms with E-state index in [9.17, 15) is 5.11 Å². The second-order valence-electron chi connectivity index (χ2n) is 2.62. The fourth-order valence-corrected chi connectivity index (χ4v) is 1.37. The molecule has 1 fully saturated rings. The maximum atomic E-state index is 9.28. The SMILES string of the molecule is B[C@@H]1C[C@H](O)[C@H](COP)O1. The Morgan fingerprint density at radius 3 is 2.90 bits per heavy atom.